The lowest BCUT2D eigenvalue weighted by Gasteiger charge is -2.35. The largest absolute Gasteiger partial charge is 0.342 e. The predicted molar refractivity (Wildman–Crippen MR) is 56.1 cm³/mol. The van der Waals surface area contributed by atoms with Gasteiger partial charge in [-0.05, 0) is 25.2 Å². The molecule has 0 aliphatic carbocycles. The summed E-state index contributed by atoms with van der Waals surface area (Å²) in [6.07, 6.45) is 2.53. The number of rotatable bonds is 2. The van der Waals surface area contributed by atoms with E-state index in [4.69, 9.17) is 0 Å². The minimum Gasteiger partial charge on any atom is -0.342 e. The van der Waals surface area contributed by atoms with Crippen LogP contribution < -0.4 is 5.32 Å². The molecule has 1 unspecified atom stereocenters. The van der Waals surface area contributed by atoms with Crippen molar-refractivity contribution in [2.45, 2.75) is 45.2 Å². The number of hydrogen-bond acceptors (Lipinski definition) is 2. The Balaban J connectivity index is 2.10. The van der Waals surface area contributed by atoms with Gasteiger partial charge in [-0.25, -0.2) is 0 Å². The van der Waals surface area contributed by atoms with Crippen molar-refractivity contribution >= 4 is 11.8 Å². The molecule has 2 saturated heterocycles. The summed E-state index contributed by atoms with van der Waals surface area (Å²) in [7, 11) is 0. The second-order valence-corrected chi connectivity index (χ2v) is 4.88. The van der Waals surface area contributed by atoms with Gasteiger partial charge in [0.2, 0.25) is 11.8 Å². The Hall–Kier alpha value is -1.06. The molecule has 4 heteroatoms. The number of fused-ring (bicyclic) bond motifs is 1. The number of carbonyl (C=O) groups is 2. The quantitative estimate of drug-likeness (QED) is 0.722. The Bertz CT molecular complexity index is 288. The van der Waals surface area contributed by atoms with Crippen molar-refractivity contribution in [3.8, 4) is 0 Å². The molecular weight excluding hydrogens is 192 g/mol. The molecule has 0 aromatic heterocycles. The third-order valence-corrected chi connectivity index (χ3v) is 3.16. The van der Waals surface area contributed by atoms with E-state index in [1.807, 2.05) is 0 Å². The fourth-order valence-corrected chi connectivity index (χ4v) is 2.46. The van der Waals surface area contributed by atoms with E-state index >= 15 is 0 Å². The van der Waals surface area contributed by atoms with E-state index < -0.39 is 0 Å². The van der Waals surface area contributed by atoms with E-state index in [9.17, 15) is 9.59 Å². The summed E-state index contributed by atoms with van der Waals surface area (Å²) in [5, 5.41) is 2.84. The van der Waals surface area contributed by atoms with Gasteiger partial charge in [0.25, 0.3) is 0 Å². The van der Waals surface area contributed by atoms with Gasteiger partial charge in [-0.3, -0.25) is 9.59 Å². The molecule has 2 amide bonds. The van der Waals surface area contributed by atoms with Crippen LogP contribution in [0, 0.1) is 5.92 Å². The molecule has 84 valence electrons. The van der Waals surface area contributed by atoms with Gasteiger partial charge in [0.15, 0.2) is 0 Å². The lowest BCUT2D eigenvalue weighted by Crippen LogP contribution is -2.61. The molecule has 2 heterocycles. The van der Waals surface area contributed by atoms with Crippen molar-refractivity contribution in [1.29, 1.82) is 0 Å². The molecule has 0 bridgehead atoms. The van der Waals surface area contributed by atoms with Crippen LogP contribution in [0.25, 0.3) is 0 Å². The standard InChI is InChI=1S/C11H18N2O2/c1-7(2)6-8-11(15)13-5-3-4-9(13)10(14)12-8/h7-9H,3-6H2,1-2H3,(H,12,14)/t8-,9?/m0/s1. The van der Waals surface area contributed by atoms with Crippen molar-refractivity contribution in [3.63, 3.8) is 0 Å². The Morgan fingerprint density at radius 3 is 2.87 bits per heavy atom. The number of nitrogens with one attached hydrogen (secondary N) is 1. The zero-order chi connectivity index (χ0) is 11.0. The highest BCUT2D eigenvalue weighted by molar-refractivity contribution is 5.97. The van der Waals surface area contributed by atoms with E-state index in [1.165, 1.54) is 0 Å². The molecule has 0 aromatic carbocycles. The van der Waals surface area contributed by atoms with E-state index in [1.54, 1.807) is 4.90 Å². The Kier molecular flexibility index (Phi) is 2.67. The van der Waals surface area contributed by atoms with Gasteiger partial charge in [0.1, 0.15) is 12.1 Å². The van der Waals surface area contributed by atoms with Crippen LogP contribution >= 0.6 is 0 Å². The highest BCUT2D eigenvalue weighted by Crippen LogP contribution is 2.23. The average Bonchev–Trinajstić information content (AvgIpc) is 2.61. The van der Waals surface area contributed by atoms with Crippen LogP contribution in [0.2, 0.25) is 0 Å². The summed E-state index contributed by atoms with van der Waals surface area (Å²) in [4.78, 5) is 25.5. The zero-order valence-electron chi connectivity index (χ0n) is 9.32. The second-order valence-electron chi connectivity index (χ2n) is 4.88. The van der Waals surface area contributed by atoms with Gasteiger partial charge in [-0.2, -0.15) is 0 Å². The Morgan fingerprint density at radius 1 is 1.47 bits per heavy atom. The van der Waals surface area contributed by atoms with E-state index in [2.05, 4.69) is 19.2 Å². The van der Waals surface area contributed by atoms with Crippen LogP contribution in [-0.4, -0.2) is 35.3 Å². The van der Waals surface area contributed by atoms with Crippen molar-refractivity contribution in [3.05, 3.63) is 0 Å². The van der Waals surface area contributed by atoms with Gasteiger partial charge < -0.3 is 10.2 Å². The smallest absolute Gasteiger partial charge is 0.245 e. The lowest BCUT2D eigenvalue weighted by molar-refractivity contribution is -0.147. The van der Waals surface area contributed by atoms with Crippen molar-refractivity contribution in [1.82, 2.24) is 10.2 Å². The number of piperazine rings is 1. The SMILES string of the molecule is CC(C)C[C@@H]1NC(=O)C2CCCN2C1=O. The summed E-state index contributed by atoms with van der Waals surface area (Å²) in [5.41, 5.74) is 0. The molecule has 0 radical (unpaired) electrons. The minimum absolute atomic E-state index is 0.0396. The maximum atomic E-state index is 12.0. The third kappa shape index (κ3) is 1.85. The molecule has 0 saturated carbocycles. The van der Waals surface area contributed by atoms with Crippen LogP contribution in [0.3, 0.4) is 0 Å². The molecule has 2 fully saturated rings. The van der Waals surface area contributed by atoms with Crippen LogP contribution in [0.4, 0.5) is 0 Å². The van der Waals surface area contributed by atoms with Crippen LogP contribution in [-0.2, 0) is 9.59 Å². The predicted octanol–water partition coefficient (Wildman–Crippen LogP) is 0.522. The normalized spacial score (nSPS) is 30.7. The maximum absolute atomic E-state index is 12.0. The highest BCUT2D eigenvalue weighted by Gasteiger charge is 2.42. The fraction of sp³-hybridized carbons (Fsp3) is 0.818. The minimum atomic E-state index is -0.285. The van der Waals surface area contributed by atoms with Crippen molar-refractivity contribution in [2.75, 3.05) is 6.54 Å². The van der Waals surface area contributed by atoms with Gasteiger partial charge in [0, 0.05) is 6.54 Å². The number of amides is 2. The topological polar surface area (TPSA) is 49.4 Å². The second kappa shape index (κ2) is 3.83. The first-order valence-corrected chi connectivity index (χ1v) is 5.70. The van der Waals surface area contributed by atoms with Gasteiger partial charge in [0.05, 0.1) is 0 Å². The van der Waals surface area contributed by atoms with Crippen LogP contribution in [0.15, 0.2) is 0 Å². The third-order valence-electron chi connectivity index (χ3n) is 3.16. The summed E-state index contributed by atoms with van der Waals surface area (Å²) in [6.45, 7) is 4.89. The average molecular weight is 210 g/mol. The van der Waals surface area contributed by atoms with Crippen LogP contribution in [0.5, 0.6) is 0 Å². The number of nitrogens with zero attached hydrogens (tertiary/aromatic N) is 1. The first kappa shape index (κ1) is 10.5. The first-order chi connectivity index (χ1) is 7.09. The molecule has 2 atom stereocenters. The summed E-state index contributed by atoms with van der Waals surface area (Å²) < 4.78 is 0. The van der Waals surface area contributed by atoms with E-state index in [0.717, 1.165) is 25.8 Å². The maximum Gasteiger partial charge on any atom is 0.245 e. The molecule has 2 rings (SSSR count). The first-order valence-electron chi connectivity index (χ1n) is 5.70. The van der Waals surface area contributed by atoms with Gasteiger partial charge in [-0.15, -0.1) is 0 Å². The summed E-state index contributed by atoms with van der Waals surface area (Å²) in [5.74, 6) is 0.585. The Labute approximate surface area is 90.0 Å². The molecule has 15 heavy (non-hydrogen) atoms. The molecule has 0 spiro atoms. The van der Waals surface area contributed by atoms with Crippen molar-refractivity contribution in [2.24, 2.45) is 5.92 Å². The van der Waals surface area contributed by atoms with E-state index in [0.29, 0.717) is 5.92 Å². The van der Waals surface area contributed by atoms with Gasteiger partial charge in [-0.1, -0.05) is 13.8 Å². The van der Waals surface area contributed by atoms with Crippen LogP contribution in [0.1, 0.15) is 33.1 Å². The fourth-order valence-electron chi connectivity index (χ4n) is 2.46. The van der Waals surface area contributed by atoms with Crippen molar-refractivity contribution < 1.29 is 9.59 Å². The number of hydrogen-bond donors (Lipinski definition) is 1. The number of carbonyl (C=O) groups excluding carboxylic acids is 2. The summed E-state index contributed by atoms with van der Waals surface area (Å²) >= 11 is 0. The Morgan fingerprint density at radius 2 is 2.20 bits per heavy atom. The molecule has 0 aromatic rings. The monoisotopic (exact) mass is 210 g/mol. The van der Waals surface area contributed by atoms with E-state index in [-0.39, 0.29) is 23.9 Å². The molecule has 2 aliphatic heterocycles. The molecule has 1 N–H and O–H groups in total. The molecular formula is C11H18N2O2. The molecule has 2 aliphatic rings. The summed E-state index contributed by atoms with van der Waals surface area (Å²) in [6, 6.07) is -0.465. The van der Waals surface area contributed by atoms with Gasteiger partial charge >= 0.3 is 0 Å². The lowest BCUT2D eigenvalue weighted by atomic mass is 9.99. The molecule has 4 nitrogen and oxygen atoms in total. The zero-order valence-corrected chi connectivity index (χ0v) is 9.32. The highest BCUT2D eigenvalue weighted by atomic mass is 16.2.